The molecule has 0 aliphatic heterocycles. The van der Waals surface area contributed by atoms with Crippen LogP contribution in [-0.2, 0) is 14.3 Å². The first-order valence-corrected chi connectivity index (χ1v) is 12.3. The Balaban J connectivity index is 5.22. The van der Waals surface area contributed by atoms with Gasteiger partial charge in [-0.1, -0.05) is 26.3 Å². The maximum absolute atomic E-state index is 11.5. The highest BCUT2D eigenvalue weighted by molar-refractivity contribution is 7.91. The zero-order valence-corrected chi connectivity index (χ0v) is 15.5. The molecule has 0 saturated carbocycles. The molecule has 114 valence electrons. The summed E-state index contributed by atoms with van der Waals surface area (Å²) >= 11 is 0. The summed E-state index contributed by atoms with van der Waals surface area (Å²) in [5, 5.41) is -0.454. The van der Waals surface area contributed by atoms with Crippen LogP contribution in [0.4, 0.5) is 0 Å². The predicted octanol–water partition coefficient (Wildman–Crippen LogP) is 3.63. The summed E-state index contributed by atoms with van der Waals surface area (Å²) in [7, 11) is -4.68. The molecule has 0 aromatic rings. The van der Waals surface area contributed by atoms with Crippen molar-refractivity contribution in [1.29, 1.82) is 0 Å². The lowest BCUT2D eigenvalue weighted by Gasteiger charge is -2.31. The molecule has 0 unspecified atom stereocenters. The van der Waals surface area contributed by atoms with E-state index in [-0.39, 0.29) is 6.10 Å². The van der Waals surface area contributed by atoms with Crippen LogP contribution in [0.3, 0.4) is 0 Å². The van der Waals surface area contributed by atoms with E-state index in [1.807, 2.05) is 13.0 Å². The molecular formula is C14H30O3SSi. The van der Waals surface area contributed by atoms with Gasteiger partial charge in [0.25, 0.3) is 0 Å². The van der Waals surface area contributed by atoms with Gasteiger partial charge in [0.1, 0.15) is 0 Å². The molecular weight excluding hydrogens is 276 g/mol. The Morgan fingerprint density at radius 1 is 1.26 bits per heavy atom. The Labute approximate surface area is 120 Å². The maximum Gasteiger partial charge on any atom is 0.184 e. The van der Waals surface area contributed by atoms with E-state index >= 15 is 0 Å². The zero-order chi connectivity index (χ0) is 15.4. The normalized spacial score (nSPS) is 19.1. The lowest BCUT2D eigenvalue weighted by Crippen LogP contribution is -2.36. The van der Waals surface area contributed by atoms with Gasteiger partial charge in [0, 0.05) is 6.26 Å². The van der Waals surface area contributed by atoms with Crippen molar-refractivity contribution in [2.24, 2.45) is 5.92 Å². The summed E-state index contributed by atoms with van der Waals surface area (Å²) in [4.78, 5) is 0. The quantitative estimate of drug-likeness (QED) is 0.533. The third kappa shape index (κ3) is 7.27. The van der Waals surface area contributed by atoms with Crippen LogP contribution in [0.5, 0.6) is 0 Å². The zero-order valence-electron chi connectivity index (χ0n) is 13.6. The van der Waals surface area contributed by atoms with Crippen molar-refractivity contribution >= 4 is 18.2 Å². The molecule has 0 heterocycles. The number of hydrogen-bond donors (Lipinski definition) is 0. The fraction of sp³-hybridized carbons (Fsp3) is 0.857. The van der Waals surface area contributed by atoms with Crippen molar-refractivity contribution in [1.82, 2.24) is 0 Å². The van der Waals surface area contributed by atoms with Gasteiger partial charge in [-0.3, -0.25) is 0 Å². The molecule has 5 heteroatoms. The van der Waals surface area contributed by atoms with Gasteiger partial charge in [-0.2, -0.15) is 0 Å². The van der Waals surface area contributed by atoms with Gasteiger partial charge in [0.2, 0.25) is 0 Å². The summed E-state index contributed by atoms with van der Waals surface area (Å²) in [6, 6.07) is 0. The van der Waals surface area contributed by atoms with E-state index in [9.17, 15) is 8.42 Å². The highest BCUT2D eigenvalue weighted by Gasteiger charge is 2.26. The second kappa shape index (κ2) is 7.04. The van der Waals surface area contributed by atoms with Crippen LogP contribution in [-0.4, -0.2) is 34.3 Å². The van der Waals surface area contributed by atoms with Crippen molar-refractivity contribution in [3.05, 3.63) is 11.6 Å². The van der Waals surface area contributed by atoms with Crippen LogP contribution >= 0.6 is 0 Å². The molecule has 0 spiro atoms. The molecule has 0 N–H and O–H groups in total. The van der Waals surface area contributed by atoms with Crippen molar-refractivity contribution in [3.8, 4) is 0 Å². The second-order valence-corrected chi connectivity index (χ2v) is 13.3. The fourth-order valence-corrected chi connectivity index (χ4v) is 3.48. The smallest absolute Gasteiger partial charge is 0.184 e. The summed E-state index contributed by atoms with van der Waals surface area (Å²) < 4.78 is 29.3. The Morgan fingerprint density at radius 3 is 2.05 bits per heavy atom. The van der Waals surface area contributed by atoms with Crippen molar-refractivity contribution in [2.45, 2.75) is 65.1 Å². The Bertz CT molecular complexity index is 407. The Kier molecular flexibility index (Phi) is 6.99. The molecule has 0 amide bonds. The van der Waals surface area contributed by atoms with Crippen LogP contribution in [0.1, 0.15) is 34.1 Å². The average molecular weight is 307 g/mol. The first-order chi connectivity index (χ1) is 8.38. The highest BCUT2D eigenvalue weighted by atomic mass is 32.2. The van der Waals surface area contributed by atoms with Crippen molar-refractivity contribution in [3.63, 3.8) is 0 Å². The van der Waals surface area contributed by atoms with Gasteiger partial charge in [-0.15, -0.1) is 0 Å². The average Bonchev–Trinajstić information content (AvgIpc) is 2.22. The standard InChI is InChI=1S/C14H30O3SSi/c1-9-11(2)14(17-19(6,7)8)12(3)10-13(4)18(5,15)16/h10-11,13-14H,9H2,1-8H3/b12-10+/t11-,13+,14+/m0/s1. The topological polar surface area (TPSA) is 43.4 Å². The third-order valence-electron chi connectivity index (χ3n) is 3.26. The molecule has 0 aromatic heterocycles. The summed E-state index contributed by atoms with van der Waals surface area (Å²) in [5.74, 6) is 0.398. The Morgan fingerprint density at radius 2 is 1.74 bits per heavy atom. The molecule has 0 rings (SSSR count). The molecule has 0 aliphatic carbocycles. The van der Waals surface area contributed by atoms with Crippen LogP contribution in [0.15, 0.2) is 11.6 Å². The van der Waals surface area contributed by atoms with Gasteiger partial charge in [-0.05, 0) is 45.0 Å². The van der Waals surface area contributed by atoms with Crippen molar-refractivity contribution < 1.29 is 12.8 Å². The second-order valence-electron chi connectivity index (χ2n) is 6.48. The van der Waals surface area contributed by atoms with E-state index in [4.69, 9.17) is 4.43 Å². The summed E-state index contributed by atoms with van der Waals surface area (Å²) in [6.45, 7) is 14.5. The molecule has 3 nitrogen and oxygen atoms in total. The van der Waals surface area contributed by atoms with Crippen LogP contribution in [0.2, 0.25) is 19.6 Å². The predicted molar refractivity (Wildman–Crippen MR) is 85.7 cm³/mol. The number of sulfone groups is 1. The minimum Gasteiger partial charge on any atom is -0.411 e. The Hall–Kier alpha value is -0.133. The fourth-order valence-electron chi connectivity index (χ4n) is 1.84. The van der Waals surface area contributed by atoms with Gasteiger partial charge in [0.05, 0.1) is 11.4 Å². The van der Waals surface area contributed by atoms with E-state index in [1.54, 1.807) is 6.92 Å². The number of rotatable bonds is 7. The first kappa shape index (κ1) is 18.9. The van der Waals surface area contributed by atoms with E-state index in [1.165, 1.54) is 6.26 Å². The number of hydrogen-bond acceptors (Lipinski definition) is 3. The SMILES string of the molecule is CC[C@H](C)[C@@H](O[Si](C)(C)C)/C(C)=C/[C@@H](C)S(C)(=O)=O. The monoisotopic (exact) mass is 306 g/mol. The van der Waals surface area contributed by atoms with Crippen LogP contribution < -0.4 is 0 Å². The third-order valence-corrected chi connectivity index (χ3v) is 5.71. The molecule has 0 saturated heterocycles. The minimum atomic E-state index is -3.03. The lowest BCUT2D eigenvalue weighted by molar-refractivity contribution is 0.166. The maximum atomic E-state index is 11.5. The minimum absolute atomic E-state index is 0.0286. The van der Waals surface area contributed by atoms with Crippen LogP contribution in [0, 0.1) is 5.92 Å². The molecule has 3 atom stereocenters. The molecule has 0 fully saturated rings. The van der Waals surface area contributed by atoms with Crippen molar-refractivity contribution in [2.75, 3.05) is 6.26 Å². The van der Waals surface area contributed by atoms with Gasteiger partial charge >= 0.3 is 0 Å². The lowest BCUT2D eigenvalue weighted by atomic mass is 9.95. The summed E-state index contributed by atoms with van der Waals surface area (Å²) in [6.07, 6.45) is 4.17. The highest BCUT2D eigenvalue weighted by Crippen LogP contribution is 2.24. The molecule has 0 aromatic carbocycles. The largest absolute Gasteiger partial charge is 0.411 e. The summed E-state index contributed by atoms with van der Waals surface area (Å²) in [5.41, 5.74) is 1.04. The molecule has 0 bridgehead atoms. The molecule has 19 heavy (non-hydrogen) atoms. The van der Waals surface area contributed by atoms with E-state index < -0.39 is 23.4 Å². The molecule has 0 radical (unpaired) electrons. The van der Waals surface area contributed by atoms with E-state index in [0.717, 1.165) is 12.0 Å². The molecule has 0 aliphatic rings. The van der Waals surface area contributed by atoms with Gasteiger partial charge in [-0.25, -0.2) is 8.42 Å². The van der Waals surface area contributed by atoms with Crippen LogP contribution in [0.25, 0.3) is 0 Å². The van der Waals surface area contributed by atoms with Gasteiger partial charge < -0.3 is 4.43 Å². The van der Waals surface area contributed by atoms with E-state index in [0.29, 0.717) is 5.92 Å². The first-order valence-electron chi connectivity index (χ1n) is 6.93. The van der Waals surface area contributed by atoms with Gasteiger partial charge in [0.15, 0.2) is 18.2 Å². The van der Waals surface area contributed by atoms with E-state index in [2.05, 4.69) is 33.5 Å².